The first-order valence-electron chi connectivity index (χ1n) is 5.49. The van der Waals surface area contributed by atoms with Crippen LogP contribution in [-0.4, -0.2) is 9.78 Å². The van der Waals surface area contributed by atoms with Gasteiger partial charge in [-0.05, 0) is 13.0 Å². The molecule has 7 heteroatoms. The fourth-order valence-electron chi connectivity index (χ4n) is 1.73. The SMILES string of the molecule is Cc1nn(C)c(Oc2cc(Cl)c(Cl)cc2Cl)c1CN. The number of nitrogens with zero attached hydrogens (tertiary/aromatic N) is 2. The van der Waals surface area contributed by atoms with Crippen LogP contribution in [0.3, 0.4) is 0 Å². The number of hydrogen-bond donors (Lipinski definition) is 1. The van der Waals surface area contributed by atoms with Crippen molar-refractivity contribution in [3.05, 3.63) is 38.5 Å². The highest BCUT2D eigenvalue weighted by Crippen LogP contribution is 2.37. The summed E-state index contributed by atoms with van der Waals surface area (Å²) in [5.74, 6) is 0.953. The van der Waals surface area contributed by atoms with Gasteiger partial charge in [-0.15, -0.1) is 0 Å². The van der Waals surface area contributed by atoms with E-state index in [1.54, 1.807) is 17.8 Å². The molecule has 4 nitrogen and oxygen atoms in total. The maximum Gasteiger partial charge on any atom is 0.222 e. The molecule has 0 unspecified atom stereocenters. The summed E-state index contributed by atoms with van der Waals surface area (Å²) in [6.45, 7) is 2.19. The first-order valence-corrected chi connectivity index (χ1v) is 6.62. The van der Waals surface area contributed by atoms with Crippen molar-refractivity contribution in [1.82, 2.24) is 9.78 Å². The summed E-state index contributed by atoms with van der Waals surface area (Å²) >= 11 is 17.9. The summed E-state index contributed by atoms with van der Waals surface area (Å²) in [5, 5.41) is 5.37. The van der Waals surface area contributed by atoms with Crippen molar-refractivity contribution in [3.63, 3.8) is 0 Å². The number of ether oxygens (including phenoxy) is 1. The highest BCUT2D eigenvalue weighted by Gasteiger charge is 2.16. The molecular formula is C12H12Cl3N3O. The fourth-order valence-corrected chi connectivity index (χ4v) is 2.31. The lowest BCUT2D eigenvalue weighted by Crippen LogP contribution is -2.01. The van der Waals surface area contributed by atoms with E-state index in [-0.39, 0.29) is 0 Å². The molecule has 0 bridgehead atoms. The molecule has 0 atom stereocenters. The van der Waals surface area contributed by atoms with Gasteiger partial charge in [-0.1, -0.05) is 34.8 Å². The van der Waals surface area contributed by atoms with Crippen LogP contribution in [0.2, 0.25) is 15.1 Å². The predicted octanol–water partition coefficient (Wildman–Crippen LogP) is 3.94. The van der Waals surface area contributed by atoms with E-state index in [4.69, 9.17) is 45.3 Å². The Balaban J connectivity index is 2.44. The zero-order valence-corrected chi connectivity index (χ0v) is 12.6. The van der Waals surface area contributed by atoms with Crippen molar-refractivity contribution in [2.75, 3.05) is 0 Å². The van der Waals surface area contributed by atoms with Crippen LogP contribution in [-0.2, 0) is 13.6 Å². The number of rotatable bonds is 3. The molecular weight excluding hydrogens is 309 g/mol. The van der Waals surface area contributed by atoms with E-state index in [2.05, 4.69) is 5.10 Å². The Morgan fingerprint density at radius 3 is 2.47 bits per heavy atom. The third kappa shape index (κ3) is 2.82. The molecule has 1 aromatic heterocycles. The Bertz CT molecular complexity index is 625. The van der Waals surface area contributed by atoms with Gasteiger partial charge in [0.25, 0.3) is 0 Å². The van der Waals surface area contributed by atoms with Gasteiger partial charge in [0.15, 0.2) is 0 Å². The van der Waals surface area contributed by atoms with E-state index >= 15 is 0 Å². The quantitative estimate of drug-likeness (QED) is 0.872. The topological polar surface area (TPSA) is 53.1 Å². The van der Waals surface area contributed by atoms with Crippen LogP contribution in [0.4, 0.5) is 0 Å². The van der Waals surface area contributed by atoms with Gasteiger partial charge in [0, 0.05) is 19.7 Å². The highest BCUT2D eigenvalue weighted by molar-refractivity contribution is 6.43. The average Bonchev–Trinajstić information content (AvgIpc) is 2.60. The molecule has 2 rings (SSSR count). The second kappa shape index (κ2) is 5.59. The standard InChI is InChI=1S/C12H12Cl3N3O/c1-6-7(5-16)12(18(2)17-6)19-11-4-9(14)8(13)3-10(11)15/h3-4H,5,16H2,1-2H3. The Labute approximate surface area is 126 Å². The minimum Gasteiger partial charge on any atom is -0.437 e. The smallest absolute Gasteiger partial charge is 0.222 e. The van der Waals surface area contributed by atoms with Gasteiger partial charge in [-0.2, -0.15) is 5.10 Å². The van der Waals surface area contributed by atoms with Crippen LogP contribution < -0.4 is 10.5 Å². The Morgan fingerprint density at radius 1 is 1.21 bits per heavy atom. The summed E-state index contributed by atoms with van der Waals surface area (Å²) < 4.78 is 7.37. The average molecular weight is 321 g/mol. The van der Waals surface area contributed by atoms with Crippen molar-refractivity contribution >= 4 is 34.8 Å². The summed E-state index contributed by atoms with van der Waals surface area (Å²) in [7, 11) is 1.77. The fraction of sp³-hybridized carbons (Fsp3) is 0.250. The molecule has 2 aromatic rings. The minimum absolute atomic E-state index is 0.327. The second-order valence-electron chi connectivity index (χ2n) is 4.00. The van der Waals surface area contributed by atoms with Gasteiger partial charge in [0.05, 0.1) is 26.3 Å². The second-order valence-corrected chi connectivity index (χ2v) is 5.22. The molecule has 0 radical (unpaired) electrons. The number of benzene rings is 1. The van der Waals surface area contributed by atoms with Crippen molar-refractivity contribution in [1.29, 1.82) is 0 Å². The number of halogens is 3. The summed E-state index contributed by atoms with van der Waals surface area (Å²) in [5.41, 5.74) is 7.34. The van der Waals surface area contributed by atoms with Gasteiger partial charge in [0.1, 0.15) is 5.75 Å². The van der Waals surface area contributed by atoms with Crippen molar-refractivity contribution in [2.45, 2.75) is 13.5 Å². The number of aromatic nitrogens is 2. The first kappa shape index (κ1) is 14.5. The first-order chi connectivity index (χ1) is 8.93. The van der Waals surface area contributed by atoms with Crippen molar-refractivity contribution in [2.24, 2.45) is 12.8 Å². The van der Waals surface area contributed by atoms with E-state index < -0.39 is 0 Å². The third-order valence-electron chi connectivity index (χ3n) is 2.67. The van der Waals surface area contributed by atoms with Gasteiger partial charge < -0.3 is 10.5 Å². The molecule has 0 aliphatic carbocycles. The molecule has 0 spiro atoms. The number of nitrogens with two attached hydrogens (primary N) is 1. The zero-order valence-electron chi connectivity index (χ0n) is 10.4. The Morgan fingerprint density at radius 2 is 1.84 bits per heavy atom. The molecule has 2 N–H and O–H groups in total. The monoisotopic (exact) mass is 319 g/mol. The molecule has 0 saturated heterocycles. The van der Waals surface area contributed by atoms with Crippen molar-refractivity contribution < 1.29 is 4.74 Å². The summed E-state index contributed by atoms with van der Waals surface area (Å²) in [6, 6.07) is 3.10. The van der Waals surface area contributed by atoms with E-state index in [0.29, 0.717) is 33.2 Å². The van der Waals surface area contributed by atoms with Crippen LogP contribution in [0.1, 0.15) is 11.3 Å². The normalized spacial score (nSPS) is 10.8. The lowest BCUT2D eigenvalue weighted by molar-refractivity contribution is 0.426. The molecule has 102 valence electrons. The van der Waals surface area contributed by atoms with E-state index in [1.807, 2.05) is 6.92 Å². The predicted molar refractivity (Wildman–Crippen MR) is 77.4 cm³/mol. The number of hydrogen-bond acceptors (Lipinski definition) is 3. The maximum absolute atomic E-state index is 6.08. The summed E-state index contributed by atoms with van der Waals surface area (Å²) in [4.78, 5) is 0. The maximum atomic E-state index is 6.08. The van der Waals surface area contributed by atoms with Crippen LogP contribution in [0.25, 0.3) is 0 Å². The van der Waals surface area contributed by atoms with Crippen LogP contribution in [0.15, 0.2) is 12.1 Å². The Kier molecular flexibility index (Phi) is 4.26. The molecule has 0 aliphatic heterocycles. The van der Waals surface area contributed by atoms with Crippen LogP contribution >= 0.6 is 34.8 Å². The lowest BCUT2D eigenvalue weighted by Gasteiger charge is -2.10. The van der Waals surface area contributed by atoms with E-state index in [9.17, 15) is 0 Å². The lowest BCUT2D eigenvalue weighted by atomic mass is 10.2. The van der Waals surface area contributed by atoms with E-state index in [0.717, 1.165) is 11.3 Å². The number of aryl methyl sites for hydroxylation is 2. The largest absolute Gasteiger partial charge is 0.437 e. The molecule has 0 amide bonds. The molecule has 19 heavy (non-hydrogen) atoms. The molecule has 0 aliphatic rings. The van der Waals surface area contributed by atoms with Gasteiger partial charge >= 0.3 is 0 Å². The van der Waals surface area contributed by atoms with Crippen LogP contribution in [0.5, 0.6) is 11.6 Å². The van der Waals surface area contributed by atoms with Gasteiger partial charge in [-0.3, -0.25) is 0 Å². The summed E-state index contributed by atoms with van der Waals surface area (Å²) in [6.07, 6.45) is 0. The minimum atomic E-state index is 0.327. The molecule has 0 saturated carbocycles. The zero-order chi connectivity index (χ0) is 14.2. The van der Waals surface area contributed by atoms with E-state index in [1.165, 1.54) is 6.07 Å². The van der Waals surface area contributed by atoms with Crippen LogP contribution in [0, 0.1) is 6.92 Å². The van der Waals surface area contributed by atoms with Crippen molar-refractivity contribution in [3.8, 4) is 11.6 Å². The molecule has 0 fully saturated rings. The Hall–Kier alpha value is -0.940. The van der Waals surface area contributed by atoms with Gasteiger partial charge in [0.2, 0.25) is 5.88 Å². The third-order valence-corrected chi connectivity index (χ3v) is 3.69. The molecule has 1 heterocycles. The molecule has 1 aromatic carbocycles. The highest BCUT2D eigenvalue weighted by atomic mass is 35.5. The van der Waals surface area contributed by atoms with Gasteiger partial charge in [-0.25, -0.2) is 4.68 Å².